The van der Waals surface area contributed by atoms with E-state index in [1.807, 2.05) is 32.9 Å². The third kappa shape index (κ3) is 4.04. The second-order valence-corrected chi connectivity index (χ2v) is 4.28. The summed E-state index contributed by atoms with van der Waals surface area (Å²) in [6, 6.07) is 7.30. The van der Waals surface area contributed by atoms with Gasteiger partial charge in [0.05, 0.1) is 11.2 Å². The molecule has 0 unspecified atom stereocenters. The summed E-state index contributed by atoms with van der Waals surface area (Å²) in [6.07, 6.45) is 0. The highest BCUT2D eigenvalue weighted by Crippen LogP contribution is 2.18. The van der Waals surface area contributed by atoms with Gasteiger partial charge in [0.15, 0.2) is 0 Å². The highest BCUT2D eigenvalue weighted by atomic mass is 35.5. The molecule has 1 rings (SSSR count). The van der Waals surface area contributed by atoms with Gasteiger partial charge in [-0.25, -0.2) is 0 Å². The fourth-order valence-electron chi connectivity index (χ4n) is 0.715. The van der Waals surface area contributed by atoms with Crippen molar-refractivity contribution in [2.45, 2.75) is 26.3 Å². The lowest BCUT2D eigenvalue weighted by Crippen LogP contribution is -2.07. The van der Waals surface area contributed by atoms with Gasteiger partial charge >= 0.3 is 0 Å². The number of benzene rings is 1. The number of hydrogen-bond acceptors (Lipinski definition) is 2. The Morgan fingerprint density at radius 2 is 1.62 bits per heavy atom. The number of rotatable bonds is 1. The average Bonchev–Trinajstić information content (AvgIpc) is 2.02. The minimum Gasteiger partial charge on any atom is -0.183 e. The smallest absolute Gasteiger partial charge is 0.0853 e. The maximum absolute atomic E-state index is 5.73. The predicted octanol–water partition coefficient (Wildman–Crippen LogP) is 4.22. The molecule has 0 aliphatic rings. The van der Waals surface area contributed by atoms with Crippen LogP contribution in [0.25, 0.3) is 0 Å². The molecule has 0 fully saturated rings. The van der Waals surface area contributed by atoms with Gasteiger partial charge in [-0.15, -0.1) is 0 Å². The second-order valence-electron chi connectivity index (χ2n) is 3.85. The van der Waals surface area contributed by atoms with Crippen LogP contribution in [0.3, 0.4) is 0 Å². The summed E-state index contributed by atoms with van der Waals surface area (Å²) in [4.78, 5) is 0. The summed E-state index contributed by atoms with van der Waals surface area (Å²) >= 11 is 5.73. The van der Waals surface area contributed by atoms with Crippen LogP contribution in [0.15, 0.2) is 34.5 Å². The average molecular weight is 197 g/mol. The lowest BCUT2D eigenvalue weighted by Gasteiger charge is -2.08. The van der Waals surface area contributed by atoms with Gasteiger partial charge in [-0.3, -0.25) is 0 Å². The van der Waals surface area contributed by atoms with E-state index >= 15 is 0 Å². The molecule has 70 valence electrons. The summed E-state index contributed by atoms with van der Waals surface area (Å²) in [7, 11) is 0. The van der Waals surface area contributed by atoms with Crippen LogP contribution < -0.4 is 0 Å². The molecule has 0 aliphatic carbocycles. The van der Waals surface area contributed by atoms with E-state index in [9.17, 15) is 0 Å². The summed E-state index contributed by atoms with van der Waals surface area (Å²) in [5.41, 5.74) is 0.707. The van der Waals surface area contributed by atoms with Gasteiger partial charge in [0.1, 0.15) is 0 Å². The number of hydrogen-bond donors (Lipinski definition) is 0. The molecule has 0 amide bonds. The maximum atomic E-state index is 5.73. The normalized spacial score (nSPS) is 12.3. The Morgan fingerprint density at radius 1 is 1.08 bits per heavy atom. The van der Waals surface area contributed by atoms with E-state index in [1.54, 1.807) is 12.1 Å². The monoisotopic (exact) mass is 196 g/mol. The summed E-state index contributed by atoms with van der Waals surface area (Å²) in [6.45, 7) is 6.02. The SMILES string of the molecule is CC(C)(C)N=Nc1ccc(Cl)cc1. The van der Waals surface area contributed by atoms with Crippen molar-refractivity contribution in [3.63, 3.8) is 0 Å². The molecule has 0 aliphatic heterocycles. The van der Waals surface area contributed by atoms with Crippen molar-refractivity contribution < 1.29 is 0 Å². The zero-order valence-electron chi connectivity index (χ0n) is 8.08. The molecule has 0 atom stereocenters. The molecular weight excluding hydrogens is 184 g/mol. The van der Waals surface area contributed by atoms with E-state index < -0.39 is 0 Å². The van der Waals surface area contributed by atoms with Crippen LogP contribution in [0.4, 0.5) is 5.69 Å². The van der Waals surface area contributed by atoms with Gasteiger partial charge in [-0.05, 0) is 45.0 Å². The Bertz CT molecular complexity index is 296. The zero-order valence-corrected chi connectivity index (χ0v) is 8.84. The van der Waals surface area contributed by atoms with E-state index in [-0.39, 0.29) is 5.54 Å². The van der Waals surface area contributed by atoms with Crippen LogP contribution in [0.5, 0.6) is 0 Å². The van der Waals surface area contributed by atoms with E-state index in [0.717, 1.165) is 10.7 Å². The van der Waals surface area contributed by atoms with Gasteiger partial charge < -0.3 is 0 Å². The van der Waals surface area contributed by atoms with Crippen molar-refractivity contribution in [1.82, 2.24) is 0 Å². The predicted molar refractivity (Wildman–Crippen MR) is 55.7 cm³/mol. The third-order valence-electron chi connectivity index (χ3n) is 1.29. The third-order valence-corrected chi connectivity index (χ3v) is 1.54. The van der Waals surface area contributed by atoms with Gasteiger partial charge in [-0.2, -0.15) is 10.2 Å². The van der Waals surface area contributed by atoms with E-state index in [1.165, 1.54) is 0 Å². The Balaban J connectivity index is 2.75. The van der Waals surface area contributed by atoms with Crippen molar-refractivity contribution in [3.05, 3.63) is 29.3 Å². The highest BCUT2D eigenvalue weighted by Gasteiger charge is 2.06. The molecule has 13 heavy (non-hydrogen) atoms. The van der Waals surface area contributed by atoms with Crippen LogP contribution in [-0.2, 0) is 0 Å². The van der Waals surface area contributed by atoms with Crippen LogP contribution in [0.2, 0.25) is 5.02 Å². The van der Waals surface area contributed by atoms with Gasteiger partial charge in [0.25, 0.3) is 0 Å². The fourth-order valence-corrected chi connectivity index (χ4v) is 0.841. The van der Waals surface area contributed by atoms with Gasteiger partial charge in [0.2, 0.25) is 0 Å². The summed E-state index contributed by atoms with van der Waals surface area (Å²) in [5.74, 6) is 0. The molecular formula is C10H13ClN2. The Hall–Kier alpha value is -0.890. The molecule has 0 aromatic heterocycles. The van der Waals surface area contributed by atoms with E-state index in [0.29, 0.717) is 0 Å². The van der Waals surface area contributed by atoms with Gasteiger partial charge in [0, 0.05) is 5.02 Å². The van der Waals surface area contributed by atoms with Crippen molar-refractivity contribution in [2.75, 3.05) is 0 Å². The molecule has 1 aromatic carbocycles. The van der Waals surface area contributed by atoms with Crippen LogP contribution in [0.1, 0.15) is 20.8 Å². The Kier molecular flexibility index (Phi) is 3.04. The first-order chi connectivity index (χ1) is 5.97. The van der Waals surface area contributed by atoms with E-state index in [2.05, 4.69) is 10.2 Å². The number of azo groups is 1. The minimum absolute atomic E-state index is 0.125. The maximum Gasteiger partial charge on any atom is 0.0853 e. The molecule has 0 N–H and O–H groups in total. The van der Waals surface area contributed by atoms with Crippen LogP contribution >= 0.6 is 11.6 Å². The lowest BCUT2D eigenvalue weighted by molar-refractivity contribution is 0.552. The van der Waals surface area contributed by atoms with Crippen molar-refractivity contribution >= 4 is 17.3 Å². The van der Waals surface area contributed by atoms with Crippen LogP contribution in [0, 0.1) is 0 Å². The molecule has 1 aromatic rings. The van der Waals surface area contributed by atoms with Crippen molar-refractivity contribution in [1.29, 1.82) is 0 Å². The molecule has 3 heteroatoms. The summed E-state index contributed by atoms with van der Waals surface area (Å²) in [5, 5.41) is 8.94. The Labute approximate surface area is 83.6 Å². The molecule has 0 bridgehead atoms. The second kappa shape index (κ2) is 3.88. The molecule has 0 radical (unpaired) electrons. The molecule has 0 saturated heterocycles. The first kappa shape index (κ1) is 10.2. The zero-order chi connectivity index (χ0) is 9.90. The molecule has 0 heterocycles. The number of nitrogens with zero attached hydrogens (tertiary/aromatic N) is 2. The standard InChI is InChI=1S/C10H13ClN2/c1-10(2,3)13-12-9-6-4-8(11)5-7-9/h4-7H,1-3H3. The minimum atomic E-state index is -0.125. The topological polar surface area (TPSA) is 24.7 Å². The molecule has 0 saturated carbocycles. The largest absolute Gasteiger partial charge is 0.183 e. The summed E-state index contributed by atoms with van der Waals surface area (Å²) < 4.78 is 0. The Morgan fingerprint density at radius 3 is 2.08 bits per heavy atom. The van der Waals surface area contributed by atoms with Crippen molar-refractivity contribution in [2.24, 2.45) is 10.2 Å². The van der Waals surface area contributed by atoms with Gasteiger partial charge in [-0.1, -0.05) is 11.6 Å². The molecule has 0 spiro atoms. The fraction of sp³-hybridized carbons (Fsp3) is 0.400. The first-order valence-electron chi connectivity index (χ1n) is 4.16. The van der Waals surface area contributed by atoms with E-state index in [4.69, 9.17) is 11.6 Å². The lowest BCUT2D eigenvalue weighted by atomic mass is 10.1. The van der Waals surface area contributed by atoms with Crippen LogP contribution in [-0.4, -0.2) is 5.54 Å². The first-order valence-corrected chi connectivity index (χ1v) is 4.54. The molecule has 2 nitrogen and oxygen atoms in total. The number of halogens is 1. The quantitative estimate of drug-likeness (QED) is 0.601. The van der Waals surface area contributed by atoms with Crippen molar-refractivity contribution in [3.8, 4) is 0 Å². The highest BCUT2D eigenvalue weighted by molar-refractivity contribution is 6.30.